The number of halogens is 1. The van der Waals surface area contributed by atoms with E-state index in [0.717, 1.165) is 37.2 Å². The van der Waals surface area contributed by atoms with Gasteiger partial charge in [0.15, 0.2) is 0 Å². The fourth-order valence-electron chi connectivity index (χ4n) is 1.84. The Bertz CT molecular complexity index is 407. The van der Waals surface area contributed by atoms with Gasteiger partial charge in [-0.15, -0.1) is 12.4 Å². The Kier molecular flexibility index (Phi) is 5.04. The van der Waals surface area contributed by atoms with E-state index in [4.69, 9.17) is 5.26 Å². The molecule has 0 saturated heterocycles. The summed E-state index contributed by atoms with van der Waals surface area (Å²) in [7, 11) is 0. The summed E-state index contributed by atoms with van der Waals surface area (Å²) in [5.74, 6) is 0. The molecule has 84 valence electrons. The lowest BCUT2D eigenvalue weighted by Crippen LogP contribution is -2.26. The van der Waals surface area contributed by atoms with Crippen LogP contribution in [-0.4, -0.2) is 18.0 Å². The fraction of sp³-hybridized carbons (Fsp3) is 0.308. The first-order valence-electron chi connectivity index (χ1n) is 5.25. The normalized spacial score (nSPS) is 15.2. The molecule has 1 aromatic rings. The molecule has 0 spiro atoms. The minimum atomic E-state index is 0. The predicted molar refractivity (Wildman–Crippen MR) is 67.4 cm³/mol. The summed E-state index contributed by atoms with van der Waals surface area (Å²) in [5, 5.41) is 8.97. The van der Waals surface area contributed by atoms with Crippen molar-refractivity contribution in [2.24, 2.45) is 0 Å². The first kappa shape index (κ1) is 12.8. The third-order valence-corrected chi connectivity index (χ3v) is 2.67. The van der Waals surface area contributed by atoms with Gasteiger partial charge in [-0.1, -0.05) is 30.4 Å². The van der Waals surface area contributed by atoms with E-state index in [-0.39, 0.29) is 12.4 Å². The van der Waals surface area contributed by atoms with Crippen LogP contribution in [0.5, 0.6) is 0 Å². The minimum Gasteiger partial charge on any atom is -0.295 e. The van der Waals surface area contributed by atoms with Crippen molar-refractivity contribution in [3.63, 3.8) is 0 Å². The lowest BCUT2D eigenvalue weighted by atomic mass is 10.1. The highest BCUT2D eigenvalue weighted by molar-refractivity contribution is 5.85. The molecule has 0 fully saturated rings. The first-order valence-corrected chi connectivity index (χ1v) is 5.25. The Labute approximate surface area is 103 Å². The Balaban J connectivity index is 0.00000128. The first-order chi connectivity index (χ1) is 7.40. The van der Waals surface area contributed by atoms with Gasteiger partial charge in [-0.2, -0.15) is 5.26 Å². The van der Waals surface area contributed by atoms with Crippen LogP contribution in [0, 0.1) is 11.3 Å². The molecule has 2 nitrogen and oxygen atoms in total. The van der Waals surface area contributed by atoms with Gasteiger partial charge in [0, 0.05) is 19.6 Å². The zero-order chi connectivity index (χ0) is 10.5. The van der Waals surface area contributed by atoms with E-state index in [1.807, 2.05) is 24.3 Å². The van der Waals surface area contributed by atoms with Crippen LogP contribution in [0.15, 0.2) is 36.4 Å². The van der Waals surface area contributed by atoms with Crippen LogP contribution < -0.4 is 0 Å². The topological polar surface area (TPSA) is 27.0 Å². The average molecular weight is 235 g/mol. The Hall–Kier alpha value is -1.30. The van der Waals surface area contributed by atoms with E-state index in [2.05, 4.69) is 23.1 Å². The summed E-state index contributed by atoms with van der Waals surface area (Å²) >= 11 is 0. The van der Waals surface area contributed by atoms with Crippen molar-refractivity contribution in [1.82, 2.24) is 4.90 Å². The second-order valence-electron chi connectivity index (χ2n) is 3.76. The maximum Gasteiger partial charge on any atom is 0.0995 e. The molecule has 0 saturated carbocycles. The van der Waals surface area contributed by atoms with Crippen LogP contribution in [0.2, 0.25) is 0 Å². The molecule has 0 amide bonds. The number of hydrogen-bond acceptors (Lipinski definition) is 2. The van der Waals surface area contributed by atoms with Gasteiger partial charge in [-0.3, -0.25) is 4.90 Å². The van der Waals surface area contributed by atoms with E-state index in [1.54, 1.807) is 0 Å². The van der Waals surface area contributed by atoms with E-state index in [1.165, 1.54) is 0 Å². The summed E-state index contributed by atoms with van der Waals surface area (Å²) < 4.78 is 0. The van der Waals surface area contributed by atoms with Gasteiger partial charge in [0.25, 0.3) is 0 Å². The van der Waals surface area contributed by atoms with Crippen LogP contribution in [0.25, 0.3) is 0 Å². The summed E-state index contributed by atoms with van der Waals surface area (Å²) in [6.45, 7) is 2.98. The lowest BCUT2D eigenvalue weighted by molar-refractivity contribution is 0.290. The standard InChI is InChI=1S/C13H14N2.ClH/c14-10-12-6-2-3-7-13(12)11-15-8-4-1-5-9-15;/h1-4,6-7H,5,8-9,11H2;1H. The zero-order valence-electron chi connectivity index (χ0n) is 9.10. The highest BCUT2D eigenvalue weighted by Crippen LogP contribution is 2.12. The van der Waals surface area contributed by atoms with E-state index >= 15 is 0 Å². The molecule has 0 aliphatic carbocycles. The molecule has 0 radical (unpaired) electrons. The highest BCUT2D eigenvalue weighted by Gasteiger charge is 2.08. The van der Waals surface area contributed by atoms with Gasteiger partial charge in [0.1, 0.15) is 0 Å². The molecule has 1 aliphatic rings. The number of nitrogens with zero attached hydrogens (tertiary/aromatic N) is 2. The molecule has 16 heavy (non-hydrogen) atoms. The van der Waals surface area contributed by atoms with Crippen molar-refractivity contribution in [1.29, 1.82) is 5.26 Å². The number of hydrogen-bond donors (Lipinski definition) is 0. The average Bonchev–Trinajstić information content (AvgIpc) is 2.31. The largest absolute Gasteiger partial charge is 0.295 e. The zero-order valence-corrected chi connectivity index (χ0v) is 9.91. The van der Waals surface area contributed by atoms with E-state index < -0.39 is 0 Å². The molecule has 0 atom stereocenters. The summed E-state index contributed by atoms with van der Waals surface area (Å²) in [6.07, 6.45) is 5.53. The Morgan fingerprint density at radius 2 is 2.06 bits per heavy atom. The number of benzene rings is 1. The smallest absolute Gasteiger partial charge is 0.0995 e. The van der Waals surface area contributed by atoms with Crippen LogP contribution in [0.1, 0.15) is 17.5 Å². The molecule has 3 heteroatoms. The molecule has 1 aromatic carbocycles. The summed E-state index contributed by atoms with van der Waals surface area (Å²) in [5.41, 5.74) is 1.93. The van der Waals surface area contributed by atoms with Crippen LogP contribution in [0.4, 0.5) is 0 Å². The number of nitriles is 1. The van der Waals surface area contributed by atoms with Gasteiger partial charge in [-0.05, 0) is 18.1 Å². The van der Waals surface area contributed by atoms with Gasteiger partial charge >= 0.3 is 0 Å². The van der Waals surface area contributed by atoms with Crippen molar-refractivity contribution >= 4 is 12.4 Å². The van der Waals surface area contributed by atoms with Gasteiger partial charge in [0.2, 0.25) is 0 Å². The van der Waals surface area contributed by atoms with Crippen LogP contribution >= 0.6 is 12.4 Å². The maximum absolute atomic E-state index is 8.97. The molecule has 0 N–H and O–H groups in total. The molecular weight excluding hydrogens is 220 g/mol. The maximum atomic E-state index is 8.97. The third kappa shape index (κ3) is 3.10. The fourth-order valence-corrected chi connectivity index (χ4v) is 1.84. The van der Waals surface area contributed by atoms with Gasteiger partial charge in [-0.25, -0.2) is 0 Å². The second kappa shape index (κ2) is 6.32. The second-order valence-corrected chi connectivity index (χ2v) is 3.76. The molecule has 0 unspecified atom stereocenters. The van der Waals surface area contributed by atoms with Gasteiger partial charge in [0.05, 0.1) is 11.6 Å². The number of rotatable bonds is 2. The molecular formula is C13H15ClN2. The van der Waals surface area contributed by atoms with Crippen molar-refractivity contribution in [2.75, 3.05) is 13.1 Å². The molecule has 1 aliphatic heterocycles. The van der Waals surface area contributed by atoms with Crippen molar-refractivity contribution in [2.45, 2.75) is 13.0 Å². The minimum absolute atomic E-state index is 0. The lowest BCUT2D eigenvalue weighted by Gasteiger charge is -2.23. The van der Waals surface area contributed by atoms with Gasteiger partial charge < -0.3 is 0 Å². The molecule has 0 bridgehead atoms. The summed E-state index contributed by atoms with van der Waals surface area (Å²) in [4.78, 5) is 2.36. The quantitative estimate of drug-likeness (QED) is 0.736. The Morgan fingerprint density at radius 3 is 2.75 bits per heavy atom. The molecule has 1 heterocycles. The predicted octanol–water partition coefficient (Wildman–Crippen LogP) is 2.74. The SMILES string of the molecule is Cl.N#Cc1ccccc1CN1CC=CCC1. The van der Waals surface area contributed by atoms with Crippen molar-refractivity contribution in [3.8, 4) is 6.07 Å². The van der Waals surface area contributed by atoms with Crippen LogP contribution in [-0.2, 0) is 6.54 Å². The summed E-state index contributed by atoms with van der Waals surface area (Å²) in [6, 6.07) is 10.1. The van der Waals surface area contributed by atoms with Crippen molar-refractivity contribution < 1.29 is 0 Å². The Morgan fingerprint density at radius 1 is 1.25 bits per heavy atom. The van der Waals surface area contributed by atoms with Crippen molar-refractivity contribution in [3.05, 3.63) is 47.5 Å². The van der Waals surface area contributed by atoms with E-state index in [0.29, 0.717) is 0 Å². The third-order valence-electron chi connectivity index (χ3n) is 2.67. The van der Waals surface area contributed by atoms with Crippen LogP contribution in [0.3, 0.4) is 0 Å². The molecule has 2 rings (SSSR count). The monoisotopic (exact) mass is 234 g/mol. The molecule has 0 aromatic heterocycles. The highest BCUT2D eigenvalue weighted by atomic mass is 35.5. The van der Waals surface area contributed by atoms with E-state index in [9.17, 15) is 0 Å².